The standard InChI is InChI=1S/C21H26N2O3/c1-6-15(11-14-7-9-19(23(2)3)18(22)12-14)21(24)17-13-16(25-4)8-10-20(17)26-5/h7-13H,6,22H2,1-5H3. The molecule has 5 nitrogen and oxygen atoms in total. The van der Waals surface area contributed by atoms with Crippen molar-refractivity contribution in [3.8, 4) is 11.5 Å². The van der Waals surface area contributed by atoms with Gasteiger partial charge in [0.2, 0.25) is 0 Å². The number of methoxy groups -OCH3 is 2. The van der Waals surface area contributed by atoms with E-state index in [9.17, 15) is 4.79 Å². The smallest absolute Gasteiger partial charge is 0.192 e. The molecule has 0 saturated carbocycles. The zero-order valence-corrected chi connectivity index (χ0v) is 16.0. The largest absolute Gasteiger partial charge is 0.497 e. The Kier molecular flexibility index (Phi) is 6.28. The van der Waals surface area contributed by atoms with Crippen LogP contribution in [0, 0.1) is 0 Å². The monoisotopic (exact) mass is 354 g/mol. The fourth-order valence-corrected chi connectivity index (χ4v) is 2.76. The van der Waals surface area contributed by atoms with Crippen molar-refractivity contribution in [1.82, 2.24) is 0 Å². The first-order valence-corrected chi connectivity index (χ1v) is 8.45. The van der Waals surface area contributed by atoms with Gasteiger partial charge in [-0.25, -0.2) is 0 Å². The van der Waals surface area contributed by atoms with E-state index in [0.717, 1.165) is 11.3 Å². The van der Waals surface area contributed by atoms with E-state index in [-0.39, 0.29) is 5.78 Å². The number of ketones is 1. The molecule has 0 bridgehead atoms. The molecule has 0 amide bonds. The molecule has 0 aromatic heterocycles. The van der Waals surface area contributed by atoms with Crippen LogP contribution in [0.4, 0.5) is 11.4 Å². The van der Waals surface area contributed by atoms with Gasteiger partial charge < -0.3 is 20.1 Å². The van der Waals surface area contributed by atoms with E-state index in [1.54, 1.807) is 32.4 Å². The zero-order valence-electron chi connectivity index (χ0n) is 16.0. The lowest BCUT2D eigenvalue weighted by Gasteiger charge is -2.15. The van der Waals surface area contributed by atoms with Gasteiger partial charge in [0.15, 0.2) is 5.78 Å². The minimum absolute atomic E-state index is 0.0847. The number of Topliss-reactive ketones (excluding diaryl/α,β-unsaturated/α-hetero) is 1. The Hall–Kier alpha value is -2.95. The highest BCUT2D eigenvalue weighted by Crippen LogP contribution is 2.29. The first kappa shape index (κ1) is 19.4. The summed E-state index contributed by atoms with van der Waals surface area (Å²) >= 11 is 0. The number of nitrogens with zero attached hydrogens (tertiary/aromatic N) is 1. The Morgan fingerprint density at radius 3 is 2.38 bits per heavy atom. The Bertz CT molecular complexity index is 826. The van der Waals surface area contributed by atoms with Crippen molar-refractivity contribution in [2.75, 3.05) is 38.9 Å². The second-order valence-electron chi connectivity index (χ2n) is 6.13. The summed E-state index contributed by atoms with van der Waals surface area (Å²) in [7, 11) is 7.00. The lowest BCUT2D eigenvalue weighted by Crippen LogP contribution is -2.11. The Morgan fingerprint density at radius 2 is 1.85 bits per heavy atom. The van der Waals surface area contributed by atoms with E-state index in [0.29, 0.717) is 34.7 Å². The van der Waals surface area contributed by atoms with Gasteiger partial charge >= 0.3 is 0 Å². The normalized spacial score (nSPS) is 11.2. The zero-order chi connectivity index (χ0) is 19.3. The van der Waals surface area contributed by atoms with E-state index in [2.05, 4.69) is 0 Å². The Balaban J connectivity index is 2.43. The van der Waals surface area contributed by atoms with Gasteiger partial charge in [0, 0.05) is 19.7 Å². The van der Waals surface area contributed by atoms with Gasteiger partial charge in [0.25, 0.3) is 0 Å². The number of rotatable bonds is 7. The van der Waals surface area contributed by atoms with E-state index >= 15 is 0 Å². The highest BCUT2D eigenvalue weighted by atomic mass is 16.5. The maximum Gasteiger partial charge on any atom is 0.192 e. The van der Waals surface area contributed by atoms with Crippen LogP contribution in [0.1, 0.15) is 29.3 Å². The number of anilines is 2. The van der Waals surface area contributed by atoms with Gasteiger partial charge in [-0.1, -0.05) is 13.0 Å². The molecule has 5 heteroatoms. The lowest BCUT2D eigenvalue weighted by atomic mass is 9.97. The fraction of sp³-hybridized carbons (Fsp3) is 0.286. The second kappa shape index (κ2) is 8.43. The van der Waals surface area contributed by atoms with Crippen molar-refractivity contribution < 1.29 is 14.3 Å². The molecule has 0 aliphatic rings. The number of nitrogen functional groups attached to an aromatic ring is 1. The van der Waals surface area contributed by atoms with E-state index in [1.165, 1.54) is 0 Å². The highest BCUT2D eigenvalue weighted by Gasteiger charge is 2.17. The van der Waals surface area contributed by atoms with Crippen molar-refractivity contribution in [3.63, 3.8) is 0 Å². The Morgan fingerprint density at radius 1 is 1.12 bits per heavy atom. The number of nitrogens with two attached hydrogens (primary N) is 1. The Labute approximate surface area is 155 Å². The molecular weight excluding hydrogens is 328 g/mol. The van der Waals surface area contributed by atoms with Crippen LogP contribution in [0.5, 0.6) is 11.5 Å². The van der Waals surface area contributed by atoms with Crippen LogP contribution in [0.25, 0.3) is 6.08 Å². The number of carbonyl (C=O) groups is 1. The van der Waals surface area contributed by atoms with Crippen molar-refractivity contribution in [3.05, 3.63) is 53.1 Å². The van der Waals surface area contributed by atoms with Crippen LogP contribution in [0.15, 0.2) is 42.0 Å². The van der Waals surface area contributed by atoms with E-state index in [1.807, 2.05) is 50.2 Å². The molecule has 138 valence electrons. The molecule has 0 radical (unpaired) electrons. The highest BCUT2D eigenvalue weighted by molar-refractivity contribution is 6.13. The molecule has 2 N–H and O–H groups in total. The molecule has 0 heterocycles. The maximum absolute atomic E-state index is 13.0. The second-order valence-corrected chi connectivity index (χ2v) is 6.13. The summed E-state index contributed by atoms with van der Waals surface area (Å²) in [5.41, 5.74) is 9.78. The van der Waals surface area contributed by atoms with Crippen molar-refractivity contribution >= 4 is 23.2 Å². The summed E-state index contributed by atoms with van der Waals surface area (Å²) < 4.78 is 10.6. The van der Waals surface area contributed by atoms with Crippen LogP contribution in [0.2, 0.25) is 0 Å². The fourth-order valence-electron chi connectivity index (χ4n) is 2.76. The molecule has 0 spiro atoms. The third-order valence-electron chi connectivity index (χ3n) is 4.20. The quantitative estimate of drug-likeness (QED) is 0.462. The minimum atomic E-state index is -0.0847. The predicted octanol–water partition coefficient (Wildman–Crippen LogP) is 4.03. The lowest BCUT2D eigenvalue weighted by molar-refractivity contribution is 0.102. The van der Waals surface area contributed by atoms with E-state index < -0.39 is 0 Å². The van der Waals surface area contributed by atoms with Gasteiger partial charge in [-0.15, -0.1) is 0 Å². The molecule has 26 heavy (non-hydrogen) atoms. The summed E-state index contributed by atoms with van der Waals surface area (Å²) in [6.45, 7) is 1.95. The average molecular weight is 354 g/mol. The number of allylic oxidation sites excluding steroid dienone is 1. The summed E-state index contributed by atoms with van der Waals surface area (Å²) in [4.78, 5) is 15.0. The van der Waals surface area contributed by atoms with Gasteiger partial charge in [0.05, 0.1) is 31.2 Å². The van der Waals surface area contributed by atoms with Crippen LogP contribution < -0.4 is 20.1 Å². The number of ether oxygens (including phenoxy) is 2. The molecule has 2 rings (SSSR count). The molecule has 0 aliphatic heterocycles. The number of benzene rings is 2. The summed E-state index contributed by atoms with van der Waals surface area (Å²) in [5.74, 6) is 1.06. The van der Waals surface area contributed by atoms with Crippen molar-refractivity contribution in [2.45, 2.75) is 13.3 Å². The van der Waals surface area contributed by atoms with E-state index in [4.69, 9.17) is 15.2 Å². The number of hydrogen-bond acceptors (Lipinski definition) is 5. The van der Waals surface area contributed by atoms with Gasteiger partial charge in [-0.05, 0) is 48.4 Å². The molecule has 2 aromatic carbocycles. The first-order chi connectivity index (χ1) is 12.4. The van der Waals surface area contributed by atoms with Gasteiger partial charge in [-0.3, -0.25) is 4.79 Å². The van der Waals surface area contributed by atoms with Crippen LogP contribution >= 0.6 is 0 Å². The molecular formula is C21H26N2O3. The third-order valence-corrected chi connectivity index (χ3v) is 4.20. The molecule has 0 aliphatic carbocycles. The number of hydrogen-bond donors (Lipinski definition) is 1. The van der Waals surface area contributed by atoms with Crippen molar-refractivity contribution in [2.24, 2.45) is 0 Å². The predicted molar refractivity (Wildman–Crippen MR) is 107 cm³/mol. The molecule has 2 aromatic rings. The average Bonchev–Trinajstić information content (AvgIpc) is 2.64. The number of carbonyl (C=O) groups excluding carboxylic acids is 1. The first-order valence-electron chi connectivity index (χ1n) is 8.45. The SMILES string of the molecule is CCC(=Cc1ccc(N(C)C)c(N)c1)C(=O)c1cc(OC)ccc1OC. The summed E-state index contributed by atoms with van der Waals surface area (Å²) in [6.07, 6.45) is 2.46. The molecule has 0 saturated heterocycles. The van der Waals surface area contributed by atoms with Gasteiger partial charge in [0.1, 0.15) is 11.5 Å². The molecule has 0 fully saturated rings. The summed E-state index contributed by atoms with van der Waals surface area (Å²) in [5, 5.41) is 0. The topological polar surface area (TPSA) is 64.8 Å². The minimum Gasteiger partial charge on any atom is -0.497 e. The van der Waals surface area contributed by atoms with Crippen LogP contribution in [-0.2, 0) is 0 Å². The molecule has 0 atom stereocenters. The summed E-state index contributed by atoms with van der Waals surface area (Å²) in [6, 6.07) is 11.0. The third kappa shape index (κ3) is 4.17. The van der Waals surface area contributed by atoms with Crippen molar-refractivity contribution in [1.29, 1.82) is 0 Å². The maximum atomic E-state index is 13.0. The van der Waals surface area contributed by atoms with Crippen LogP contribution in [-0.4, -0.2) is 34.1 Å². The molecule has 0 unspecified atom stereocenters. The van der Waals surface area contributed by atoms with Gasteiger partial charge in [-0.2, -0.15) is 0 Å². The van der Waals surface area contributed by atoms with Crippen LogP contribution in [0.3, 0.4) is 0 Å².